The van der Waals surface area contributed by atoms with E-state index in [1.807, 2.05) is 0 Å². The van der Waals surface area contributed by atoms with Crippen LogP contribution >= 0.6 is 11.6 Å². The lowest BCUT2D eigenvalue weighted by Gasteiger charge is -2.05. The largest absolute Gasteiger partial charge is 0.380 e. The van der Waals surface area contributed by atoms with Gasteiger partial charge in [-0.2, -0.15) is 0 Å². The molecule has 0 aromatic heterocycles. The molecule has 0 fully saturated rings. The van der Waals surface area contributed by atoms with Crippen LogP contribution in [0, 0.1) is 0 Å². The summed E-state index contributed by atoms with van der Waals surface area (Å²) in [5.74, 6) is 1.04. The summed E-state index contributed by atoms with van der Waals surface area (Å²) < 4.78 is 27.5. The molecule has 0 aromatic carbocycles. The van der Waals surface area contributed by atoms with Gasteiger partial charge >= 0.3 is 0 Å². The Hall–Kier alpha value is 0.160. The number of hydrogen-bond acceptors (Lipinski definition) is 4. The first kappa shape index (κ1) is 16.2. The fourth-order valence-electron chi connectivity index (χ4n) is 1.14. The normalized spacial score (nSPS) is 11.9. The van der Waals surface area contributed by atoms with Crippen molar-refractivity contribution in [3.8, 4) is 0 Å². The first-order chi connectivity index (χ1) is 7.62. The molecule has 4 nitrogen and oxygen atoms in total. The van der Waals surface area contributed by atoms with Crippen molar-refractivity contribution in [2.45, 2.75) is 19.8 Å². The maximum absolute atomic E-state index is 11.1. The van der Waals surface area contributed by atoms with Crippen LogP contribution < -0.4 is 5.32 Å². The Balaban J connectivity index is 3.16. The lowest BCUT2D eigenvalue weighted by atomic mass is 10.4. The van der Waals surface area contributed by atoms with Crippen molar-refractivity contribution in [2.24, 2.45) is 0 Å². The van der Waals surface area contributed by atoms with E-state index in [4.69, 9.17) is 16.3 Å². The number of nitrogens with one attached hydrogen (secondary N) is 1. The molecular weight excluding hydrogens is 250 g/mol. The molecule has 16 heavy (non-hydrogen) atoms. The molecule has 0 heterocycles. The summed E-state index contributed by atoms with van der Waals surface area (Å²) in [5, 5.41) is 3.18. The summed E-state index contributed by atoms with van der Waals surface area (Å²) in [7, 11) is -2.80. The average Bonchev–Trinajstić information content (AvgIpc) is 2.27. The van der Waals surface area contributed by atoms with E-state index in [2.05, 4.69) is 5.32 Å². The summed E-state index contributed by atoms with van der Waals surface area (Å²) in [6.45, 7) is 4.57. The van der Waals surface area contributed by atoms with E-state index in [0.717, 1.165) is 19.5 Å². The van der Waals surface area contributed by atoms with Crippen LogP contribution in [0.25, 0.3) is 0 Å². The summed E-state index contributed by atoms with van der Waals surface area (Å²) in [6.07, 6.45) is 1.61. The molecule has 0 aromatic rings. The van der Waals surface area contributed by atoms with Gasteiger partial charge in [-0.3, -0.25) is 0 Å². The molecule has 0 radical (unpaired) electrons. The third-order valence-corrected chi connectivity index (χ3v) is 4.06. The third-order valence-electron chi connectivity index (χ3n) is 2.11. The first-order valence-corrected chi connectivity index (χ1v) is 8.03. The van der Waals surface area contributed by atoms with E-state index in [1.165, 1.54) is 0 Å². The van der Waals surface area contributed by atoms with Gasteiger partial charge in [0.15, 0.2) is 0 Å². The van der Waals surface area contributed by atoms with E-state index in [1.54, 1.807) is 6.92 Å². The molecule has 0 saturated heterocycles. The zero-order chi connectivity index (χ0) is 12.3. The minimum absolute atomic E-state index is 0.235. The molecule has 0 aliphatic rings. The predicted octanol–water partition coefficient (Wildman–Crippen LogP) is 1.05. The fraction of sp³-hybridized carbons (Fsp3) is 1.00. The van der Waals surface area contributed by atoms with E-state index < -0.39 is 9.84 Å². The summed E-state index contributed by atoms with van der Waals surface area (Å²) in [6, 6.07) is 0. The third kappa shape index (κ3) is 10.7. The number of hydrogen-bond donors (Lipinski definition) is 1. The number of sulfone groups is 1. The zero-order valence-corrected chi connectivity index (χ0v) is 11.4. The van der Waals surface area contributed by atoms with E-state index >= 15 is 0 Å². The molecule has 0 unspecified atom stereocenters. The number of ether oxygens (including phenoxy) is 1. The van der Waals surface area contributed by atoms with Crippen molar-refractivity contribution in [2.75, 3.05) is 43.7 Å². The highest BCUT2D eigenvalue weighted by Gasteiger charge is 2.05. The molecule has 0 atom stereocenters. The predicted molar refractivity (Wildman–Crippen MR) is 68.0 cm³/mol. The van der Waals surface area contributed by atoms with Crippen molar-refractivity contribution in [3.05, 3.63) is 0 Å². The smallest absolute Gasteiger partial charge is 0.150 e. The van der Waals surface area contributed by atoms with Crippen LogP contribution in [0.2, 0.25) is 0 Å². The molecule has 0 aliphatic heterocycles. The van der Waals surface area contributed by atoms with E-state index in [9.17, 15) is 8.42 Å². The van der Waals surface area contributed by atoms with Gasteiger partial charge in [0.1, 0.15) is 9.84 Å². The van der Waals surface area contributed by atoms with Crippen LogP contribution in [-0.2, 0) is 14.6 Å². The van der Waals surface area contributed by atoms with Crippen molar-refractivity contribution in [3.63, 3.8) is 0 Å². The Morgan fingerprint density at radius 1 is 1.19 bits per heavy atom. The summed E-state index contributed by atoms with van der Waals surface area (Å²) in [4.78, 5) is 0. The maximum Gasteiger partial charge on any atom is 0.150 e. The Kier molecular flexibility index (Phi) is 10.4. The van der Waals surface area contributed by atoms with E-state index in [0.29, 0.717) is 25.5 Å². The highest BCUT2D eigenvalue weighted by atomic mass is 35.5. The monoisotopic (exact) mass is 271 g/mol. The van der Waals surface area contributed by atoms with Gasteiger partial charge in [0.25, 0.3) is 0 Å². The van der Waals surface area contributed by atoms with Crippen molar-refractivity contribution in [1.82, 2.24) is 5.32 Å². The second-order valence-corrected chi connectivity index (χ2v) is 6.35. The first-order valence-electron chi connectivity index (χ1n) is 5.67. The summed E-state index contributed by atoms with van der Waals surface area (Å²) in [5.41, 5.74) is 0. The molecule has 1 N–H and O–H groups in total. The standard InChI is InChI=1S/C10H22ClNO3S/c1-2-16(13,14)10-4-7-12-6-3-8-15-9-5-11/h12H,2-10H2,1H3. The second-order valence-electron chi connectivity index (χ2n) is 3.49. The van der Waals surface area contributed by atoms with Crippen LogP contribution in [0.5, 0.6) is 0 Å². The van der Waals surface area contributed by atoms with Gasteiger partial charge in [-0.05, 0) is 25.9 Å². The van der Waals surface area contributed by atoms with Gasteiger partial charge in [-0.15, -0.1) is 11.6 Å². The SMILES string of the molecule is CCS(=O)(=O)CCCNCCCOCCCl. The number of rotatable bonds is 11. The van der Waals surface area contributed by atoms with Gasteiger partial charge < -0.3 is 10.1 Å². The molecule has 6 heteroatoms. The molecular formula is C10H22ClNO3S. The van der Waals surface area contributed by atoms with Gasteiger partial charge in [0.2, 0.25) is 0 Å². The maximum atomic E-state index is 11.1. The molecule has 0 bridgehead atoms. The number of alkyl halides is 1. The average molecular weight is 272 g/mol. The lowest BCUT2D eigenvalue weighted by Crippen LogP contribution is -2.21. The van der Waals surface area contributed by atoms with Crippen LogP contribution in [0.15, 0.2) is 0 Å². The second kappa shape index (κ2) is 10.3. The molecule has 0 aliphatic carbocycles. The quantitative estimate of drug-likeness (QED) is 0.451. The highest BCUT2D eigenvalue weighted by molar-refractivity contribution is 7.91. The highest BCUT2D eigenvalue weighted by Crippen LogP contribution is 1.92. The van der Waals surface area contributed by atoms with Crippen molar-refractivity contribution in [1.29, 1.82) is 0 Å². The fourth-order valence-corrected chi connectivity index (χ4v) is 2.12. The lowest BCUT2D eigenvalue weighted by molar-refractivity contribution is 0.146. The molecule has 0 spiro atoms. The topological polar surface area (TPSA) is 55.4 Å². The van der Waals surface area contributed by atoms with E-state index in [-0.39, 0.29) is 11.5 Å². The van der Waals surface area contributed by atoms with Crippen molar-refractivity contribution >= 4 is 21.4 Å². The van der Waals surface area contributed by atoms with Crippen molar-refractivity contribution < 1.29 is 13.2 Å². The Morgan fingerprint density at radius 3 is 2.50 bits per heavy atom. The van der Waals surface area contributed by atoms with Gasteiger partial charge in [-0.1, -0.05) is 6.92 Å². The minimum Gasteiger partial charge on any atom is -0.380 e. The van der Waals surface area contributed by atoms with Crippen LogP contribution in [-0.4, -0.2) is 52.1 Å². The zero-order valence-electron chi connectivity index (χ0n) is 9.87. The Bertz CT molecular complexity index is 244. The molecule has 0 amide bonds. The molecule has 0 saturated carbocycles. The Morgan fingerprint density at radius 2 is 1.88 bits per heavy atom. The van der Waals surface area contributed by atoms with Gasteiger partial charge in [-0.25, -0.2) is 8.42 Å². The number of halogens is 1. The van der Waals surface area contributed by atoms with Crippen LogP contribution in [0.1, 0.15) is 19.8 Å². The van der Waals surface area contributed by atoms with Crippen LogP contribution in [0.4, 0.5) is 0 Å². The molecule has 98 valence electrons. The Labute approximate surface area is 104 Å². The molecule has 0 rings (SSSR count). The van der Waals surface area contributed by atoms with Gasteiger partial charge in [0, 0.05) is 18.2 Å². The van der Waals surface area contributed by atoms with Crippen LogP contribution in [0.3, 0.4) is 0 Å². The minimum atomic E-state index is -2.80. The summed E-state index contributed by atoms with van der Waals surface area (Å²) >= 11 is 5.44. The van der Waals surface area contributed by atoms with Gasteiger partial charge in [0.05, 0.1) is 12.4 Å².